The predicted octanol–water partition coefficient (Wildman–Crippen LogP) is 1.44. The van der Waals surface area contributed by atoms with Gasteiger partial charge >= 0.3 is 0 Å². The summed E-state index contributed by atoms with van der Waals surface area (Å²) in [6.45, 7) is 3.52. The van der Waals surface area contributed by atoms with Gasteiger partial charge in [-0.3, -0.25) is 10.1 Å². The molecule has 0 spiro atoms. The highest BCUT2D eigenvalue weighted by Gasteiger charge is 2.20. The van der Waals surface area contributed by atoms with E-state index in [1.165, 1.54) is 0 Å². The second-order valence-corrected chi connectivity index (χ2v) is 4.22. The molecule has 86 valence electrons. The van der Waals surface area contributed by atoms with E-state index in [0.29, 0.717) is 5.56 Å². The molecule has 1 saturated heterocycles. The van der Waals surface area contributed by atoms with E-state index >= 15 is 0 Å². The zero-order chi connectivity index (χ0) is 11.7. The summed E-state index contributed by atoms with van der Waals surface area (Å²) in [5, 5.41) is 10.7. The van der Waals surface area contributed by atoms with Gasteiger partial charge in [0.15, 0.2) is 0 Å². The van der Waals surface area contributed by atoms with Gasteiger partial charge in [-0.1, -0.05) is 0 Å². The van der Waals surface area contributed by atoms with Crippen LogP contribution in [-0.2, 0) is 0 Å². The predicted molar refractivity (Wildman–Crippen MR) is 62.6 cm³/mol. The summed E-state index contributed by atoms with van der Waals surface area (Å²) in [7, 11) is 0. The number of nitro groups is 1. The lowest BCUT2D eigenvalue weighted by Gasteiger charge is -2.18. The fourth-order valence-electron chi connectivity index (χ4n) is 2.06. The van der Waals surface area contributed by atoms with Crippen LogP contribution in [0.25, 0.3) is 0 Å². The summed E-state index contributed by atoms with van der Waals surface area (Å²) < 4.78 is 0. The molecule has 0 bridgehead atoms. The van der Waals surface area contributed by atoms with Crippen molar-refractivity contribution in [1.82, 2.24) is 0 Å². The van der Waals surface area contributed by atoms with Crippen LogP contribution in [0.2, 0.25) is 0 Å². The van der Waals surface area contributed by atoms with Gasteiger partial charge in [-0.05, 0) is 25.5 Å². The third-order valence-electron chi connectivity index (χ3n) is 2.97. The summed E-state index contributed by atoms with van der Waals surface area (Å²) in [5.41, 5.74) is 7.72. The molecule has 2 rings (SSSR count). The van der Waals surface area contributed by atoms with Gasteiger partial charge in [-0.25, -0.2) is 0 Å². The molecule has 5 nitrogen and oxygen atoms in total. The van der Waals surface area contributed by atoms with E-state index in [-0.39, 0.29) is 16.7 Å². The molecule has 5 heteroatoms. The minimum atomic E-state index is -0.352. The Hall–Kier alpha value is -1.62. The average Bonchev–Trinajstić information content (AvgIpc) is 2.64. The van der Waals surface area contributed by atoms with E-state index in [4.69, 9.17) is 5.73 Å². The molecule has 0 aromatic heterocycles. The third kappa shape index (κ3) is 1.99. The normalized spacial score (nSPS) is 20.1. The van der Waals surface area contributed by atoms with E-state index in [0.717, 1.165) is 25.2 Å². The van der Waals surface area contributed by atoms with Gasteiger partial charge < -0.3 is 10.6 Å². The minimum Gasteiger partial charge on any atom is -0.370 e. The lowest BCUT2D eigenvalue weighted by atomic mass is 10.1. The van der Waals surface area contributed by atoms with Crippen LogP contribution in [0.4, 0.5) is 11.4 Å². The monoisotopic (exact) mass is 221 g/mol. The van der Waals surface area contributed by atoms with Crippen molar-refractivity contribution in [3.8, 4) is 0 Å². The maximum atomic E-state index is 10.7. The Balaban J connectivity index is 2.24. The first-order valence-electron chi connectivity index (χ1n) is 5.33. The SMILES string of the molecule is Cc1cc(N2CCC(N)C2)ccc1[N+](=O)[O-]. The lowest BCUT2D eigenvalue weighted by Crippen LogP contribution is -2.26. The zero-order valence-electron chi connectivity index (χ0n) is 9.22. The number of anilines is 1. The summed E-state index contributed by atoms with van der Waals surface area (Å²) in [6.07, 6.45) is 0.982. The molecule has 1 unspecified atom stereocenters. The van der Waals surface area contributed by atoms with Gasteiger partial charge in [0, 0.05) is 36.4 Å². The molecule has 1 aliphatic rings. The topological polar surface area (TPSA) is 72.4 Å². The van der Waals surface area contributed by atoms with Crippen molar-refractivity contribution >= 4 is 11.4 Å². The molecule has 1 aromatic rings. The van der Waals surface area contributed by atoms with Gasteiger partial charge in [0.25, 0.3) is 5.69 Å². The van der Waals surface area contributed by atoms with Crippen molar-refractivity contribution in [2.75, 3.05) is 18.0 Å². The highest BCUT2D eigenvalue weighted by atomic mass is 16.6. The number of benzene rings is 1. The van der Waals surface area contributed by atoms with Crippen molar-refractivity contribution in [3.05, 3.63) is 33.9 Å². The molecule has 1 aliphatic heterocycles. The highest BCUT2D eigenvalue weighted by Crippen LogP contribution is 2.26. The Bertz CT molecular complexity index is 420. The number of hydrogen-bond acceptors (Lipinski definition) is 4. The van der Waals surface area contributed by atoms with E-state index in [1.54, 1.807) is 19.1 Å². The van der Waals surface area contributed by atoms with Crippen molar-refractivity contribution in [2.24, 2.45) is 5.73 Å². The van der Waals surface area contributed by atoms with Crippen LogP contribution < -0.4 is 10.6 Å². The highest BCUT2D eigenvalue weighted by molar-refractivity contribution is 5.55. The lowest BCUT2D eigenvalue weighted by molar-refractivity contribution is -0.385. The van der Waals surface area contributed by atoms with E-state index in [9.17, 15) is 10.1 Å². The molecule has 1 fully saturated rings. The van der Waals surface area contributed by atoms with Crippen LogP contribution in [0.1, 0.15) is 12.0 Å². The Morgan fingerprint density at radius 1 is 1.56 bits per heavy atom. The summed E-state index contributed by atoms with van der Waals surface area (Å²) >= 11 is 0. The number of nitro benzene ring substituents is 1. The maximum absolute atomic E-state index is 10.7. The summed E-state index contributed by atoms with van der Waals surface area (Å²) in [6, 6.07) is 5.43. The minimum absolute atomic E-state index is 0.173. The second-order valence-electron chi connectivity index (χ2n) is 4.22. The van der Waals surface area contributed by atoms with Gasteiger partial charge in [-0.2, -0.15) is 0 Å². The molecule has 0 saturated carbocycles. The van der Waals surface area contributed by atoms with Gasteiger partial charge in [-0.15, -0.1) is 0 Å². The molecule has 1 aromatic carbocycles. The first-order chi connectivity index (χ1) is 7.58. The molecule has 0 radical (unpaired) electrons. The largest absolute Gasteiger partial charge is 0.370 e. The molecule has 1 heterocycles. The number of nitrogens with two attached hydrogens (primary N) is 1. The smallest absolute Gasteiger partial charge is 0.272 e. The molecule has 1 atom stereocenters. The molecular formula is C11H15N3O2. The first-order valence-corrected chi connectivity index (χ1v) is 5.33. The van der Waals surface area contributed by atoms with Crippen molar-refractivity contribution in [3.63, 3.8) is 0 Å². The second kappa shape index (κ2) is 4.09. The molecule has 0 amide bonds. The molecule has 2 N–H and O–H groups in total. The number of nitrogens with zero attached hydrogens (tertiary/aromatic N) is 2. The third-order valence-corrected chi connectivity index (χ3v) is 2.97. The Morgan fingerprint density at radius 3 is 2.81 bits per heavy atom. The van der Waals surface area contributed by atoms with Crippen LogP contribution in [-0.4, -0.2) is 24.1 Å². The number of hydrogen-bond donors (Lipinski definition) is 1. The Morgan fingerprint density at radius 2 is 2.31 bits per heavy atom. The Labute approximate surface area is 94.0 Å². The van der Waals surface area contributed by atoms with Crippen molar-refractivity contribution in [2.45, 2.75) is 19.4 Å². The summed E-state index contributed by atoms with van der Waals surface area (Å²) in [5.74, 6) is 0. The fraction of sp³-hybridized carbons (Fsp3) is 0.455. The van der Waals surface area contributed by atoms with Crippen LogP contribution in [0.15, 0.2) is 18.2 Å². The molecule has 0 aliphatic carbocycles. The molecular weight excluding hydrogens is 206 g/mol. The first kappa shape index (κ1) is 10.9. The summed E-state index contributed by atoms with van der Waals surface area (Å²) in [4.78, 5) is 12.5. The average molecular weight is 221 g/mol. The van der Waals surface area contributed by atoms with E-state index in [1.807, 2.05) is 6.07 Å². The van der Waals surface area contributed by atoms with Crippen LogP contribution >= 0.6 is 0 Å². The van der Waals surface area contributed by atoms with Gasteiger partial charge in [0.2, 0.25) is 0 Å². The molecule has 16 heavy (non-hydrogen) atoms. The number of rotatable bonds is 2. The van der Waals surface area contributed by atoms with Crippen LogP contribution in [0, 0.1) is 17.0 Å². The van der Waals surface area contributed by atoms with E-state index < -0.39 is 0 Å². The zero-order valence-corrected chi connectivity index (χ0v) is 9.22. The van der Waals surface area contributed by atoms with Gasteiger partial charge in [0.05, 0.1) is 4.92 Å². The van der Waals surface area contributed by atoms with Crippen molar-refractivity contribution in [1.29, 1.82) is 0 Å². The van der Waals surface area contributed by atoms with Crippen LogP contribution in [0.5, 0.6) is 0 Å². The van der Waals surface area contributed by atoms with Crippen molar-refractivity contribution < 1.29 is 4.92 Å². The number of aryl methyl sites for hydroxylation is 1. The standard InChI is InChI=1S/C11H15N3O2/c1-8-6-10(2-3-11(8)14(15)16)13-5-4-9(12)7-13/h2-3,6,9H,4-5,7,12H2,1H3. The van der Waals surface area contributed by atoms with Gasteiger partial charge in [0.1, 0.15) is 0 Å². The maximum Gasteiger partial charge on any atom is 0.272 e. The Kier molecular flexibility index (Phi) is 2.78. The quantitative estimate of drug-likeness (QED) is 0.606. The van der Waals surface area contributed by atoms with Crippen LogP contribution in [0.3, 0.4) is 0 Å². The fourth-order valence-corrected chi connectivity index (χ4v) is 2.06. The van der Waals surface area contributed by atoms with E-state index in [2.05, 4.69) is 4.90 Å².